The molecule has 0 aliphatic heterocycles. The molecule has 8 nitrogen and oxygen atoms in total. The van der Waals surface area contributed by atoms with Gasteiger partial charge in [0.05, 0.1) is 25.5 Å². The molecule has 168 valence electrons. The summed E-state index contributed by atoms with van der Waals surface area (Å²) >= 11 is 0. The smallest absolute Gasteiger partial charge is 0.412 e. The third-order valence-corrected chi connectivity index (χ3v) is 4.24. The van der Waals surface area contributed by atoms with Crippen LogP contribution in [0.25, 0.3) is 0 Å². The molecule has 2 aromatic rings. The van der Waals surface area contributed by atoms with Crippen molar-refractivity contribution in [3.63, 3.8) is 0 Å². The minimum atomic E-state index is -1.05. The Kier molecular flexibility index (Phi) is 9.14. The molecule has 0 aliphatic rings. The van der Waals surface area contributed by atoms with E-state index in [0.717, 1.165) is 5.56 Å². The lowest BCUT2D eigenvalue weighted by molar-refractivity contribution is -0.153. The van der Waals surface area contributed by atoms with Crippen LogP contribution >= 0.6 is 0 Å². The van der Waals surface area contributed by atoms with Crippen molar-refractivity contribution in [3.8, 4) is 11.5 Å². The van der Waals surface area contributed by atoms with Gasteiger partial charge < -0.3 is 24.1 Å². The molecule has 0 aromatic heterocycles. The number of aliphatic carboxylic acids is 1. The second kappa shape index (κ2) is 11.8. The summed E-state index contributed by atoms with van der Waals surface area (Å²) in [5.74, 6) is 0.132. The Labute approximate surface area is 182 Å². The maximum absolute atomic E-state index is 12.3. The first-order valence-corrected chi connectivity index (χ1v) is 10.0. The average Bonchev–Trinajstić information content (AvgIpc) is 2.73. The molecule has 2 rings (SSSR count). The van der Waals surface area contributed by atoms with Gasteiger partial charge in [-0.15, -0.1) is 0 Å². The van der Waals surface area contributed by atoms with Crippen molar-refractivity contribution in [2.45, 2.75) is 46.0 Å². The Bertz CT molecular complexity index is 865. The van der Waals surface area contributed by atoms with Crippen LogP contribution in [0.2, 0.25) is 0 Å². The van der Waals surface area contributed by atoms with Crippen molar-refractivity contribution in [2.75, 3.05) is 19.0 Å². The molecule has 1 unspecified atom stereocenters. The summed E-state index contributed by atoms with van der Waals surface area (Å²) in [5.41, 5.74) is 1.89. The van der Waals surface area contributed by atoms with Crippen LogP contribution in [0.3, 0.4) is 0 Å². The van der Waals surface area contributed by atoms with E-state index in [1.165, 1.54) is 0 Å². The van der Waals surface area contributed by atoms with Crippen molar-refractivity contribution in [1.29, 1.82) is 0 Å². The van der Waals surface area contributed by atoms with Crippen LogP contribution in [0.1, 0.15) is 31.9 Å². The largest absolute Gasteiger partial charge is 0.497 e. The molecule has 2 aromatic carbocycles. The molecule has 0 spiro atoms. The molecule has 0 heterocycles. The first-order chi connectivity index (χ1) is 14.8. The lowest BCUT2D eigenvalue weighted by atomic mass is 10.1. The maximum Gasteiger partial charge on any atom is 0.412 e. The molecular formula is C23H29NO7. The molecule has 8 heteroatoms. The van der Waals surface area contributed by atoms with Crippen LogP contribution in [-0.4, -0.2) is 43.1 Å². The van der Waals surface area contributed by atoms with Crippen LogP contribution in [0.4, 0.5) is 10.5 Å². The van der Waals surface area contributed by atoms with Crippen LogP contribution in [0.5, 0.6) is 11.5 Å². The number of nitrogens with one attached hydrogen (secondary N) is 1. The number of carboxylic acid groups (broad SMARTS) is 1. The molecule has 0 saturated heterocycles. The van der Waals surface area contributed by atoms with Crippen LogP contribution in [-0.2, 0) is 27.3 Å². The van der Waals surface area contributed by atoms with E-state index in [0.29, 0.717) is 29.4 Å². The maximum atomic E-state index is 12.3. The van der Waals surface area contributed by atoms with Gasteiger partial charge in [0, 0.05) is 6.42 Å². The average molecular weight is 431 g/mol. The second-order valence-corrected chi connectivity index (χ2v) is 7.03. The lowest BCUT2D eigenvalue weighted by Gasteiger charge is -2.18. The quantitative estimate of drug-likeness (QED) is 0.548. The van der Waals surface area contributed by atoms with E-state index >= 15 is 0 Å². The Hall–Kier alpha value is -3.26. The molecule has 0 saturated carbocycles. The number of hydrogen-bond acceptors (Lipinski definition) is 6. The summed E-state index contributed by atoms with van der Waals surface area (Å²) in [4.78, 5) is 23.8. The number of carbonyl (C=O) groups is 2. The number of carboxylic acids is 1. The van der Waals surface area contributed by atoms with Crippen molar-refractivity contribution < 1.29 is 33.6 Å². The number of methoxy groups -OCH3 is 1. The SMILES string of the molecule is CCOc1ccc(CC(OC(C)C)C(=O)O)cc1NC(=O)OCc1ccc(OC)cc1. The summed E-state index contributed by atoms with van der Waals surface area (Å²) in [6, 6.07) is 12.3. The van der Waals surface area contributed by atoms with Crippen LogP contribution < -0.4 is 14.8 Å². The molecule has 0 radical (unpaired) electrons. The molecular weight excluding hydrogens is 402 g/mol. The van der Waals surface area contributed by atoms with Gasteiger partial charge in [-0.2, -0.15) is 0 Å². The number of ether oxygens (including phenoxy) is 4. The van der Waals surface area contributed by atoms with Gasteiger partial charge in [-0.3, -0.25) is 5.32 Å². The molecule has 2 N–H and O–H groups in total. The van der Waals surface area contributed by atoms with Crippen molar-refractivity contribution in [1.82, 2.24) is 0 Å². The van der Waals surface area contributed by atoms with Crippen LogP contribution in [0, 0.1) is 0 Å². The molecule has 1 atom stereocenters. The molecule has 0 bridgehead atoms. The fourth-order valence-corrected chi connectivity index (χ4v) is 2.84. The van der Waals surface area contributed by atoms with Crippen molar-refractivity contribution in [2.24, 2.45) is 0 Å². The molecule has 1 amide bonds. The van der Waals surface area contributed by atoms with Gasteiger partial charge in [0.15, 0.2) is 6.10 Å². The highest BCUT2D eigenvalue weighted by Crippen LogP contribution is 2.27. The highest BCUT2D eigenvalue weighted by atomic mass is 16.5. The summed E-state index contributed by atoms with van der Waals surface area (Å²) in [7, 11) is 1.58. The Balaban J connectivity index is 2.08. The first-order valence-electron chi connectivity index (χ1n) is 10.0. The zero-order valence-electron chi connectivity index (χ0n) is 18.2. The van der Waals surface area contributed by atoms with Gasteiger partial charge in [-0.05, 0) is 56.2 Å². The third-order valence-electron chi connectivity index (χ3n) is 4.24. The zero-order valence-corrected chi connectivity index (χ0v) is 18.2. The number of hydrogen-bond donors (Lipinski definition) is 2. The number of rotatable bonds is 11. The number of carbonyl (C=O) groups excluding carboxylic acids is 1. The van der Waals surface area contributed by atoms with E-state index in [-0.39, 0.29) is 19.1 Å². The van der Waals surface area contributed by atoms with E-state index in [4.69, 9.17) is 18.9 Å². The van der Waals surface area contributed by atoms with E-state index in [1.807, 2.05) is 6.92 Å². The van der Waals surface area contributed by atoms with E-state index in [9.17, 15) is 14.7 Å². The Morgan fingerprint density at radius 3 is 2.32 bits per heavy atom. The summed E-state index contributed by atoms with van der Waals surface area (Å²) in [6.45, 7) is 5.88. The van der Waals surface area contributed by atoms with Gasteiger partial charge >= 0.3 is 12.1 Å². The van der Waals surface area contributed by atoms with E-state index in [1.54, 1.807) is 63.4 Å². The molecule has 0 fully saturated rings. The monoisotopic (exact) mass is 431 g/mol. The lowest BCUT2D eigenvalue weighted by Crippen LogP contribution is -2.29. The number of amides is 1. The van der Waals surface area contributed by atoms with Crippen molar-refractivity contribution in [3.05, 3.63) is 53.6 Å². The topological polar surface area (TPSA) is 103 Å². The number of benzene rings is 2. The summed E-state index contributed by atoms with van der Waals surface area (Å²) in [6.07, 6.45) is -1.72. The van der Waals surface area contributed by atoms with E-state index in [2.05, 4.69) is 5.32 Å². The van der Waals surface area contributed by atoms with Gasteiger partial charge in [0.2, 0.25) is 0 Å². The van der Waals surface area contributed by atoms with Gasteiger partial charge in [0.25, 0.3) is 0 Å². The minimum absolute atomic E-state index is 0.0861. The molecule has 0 aliphatic carbocycles. The Morgan fingerprint density at radius 2 is 1.74 bits per heavy atom. The third kappa shape index (κ3) is 7.82. The number of anilines is 1. The highest BCUT2D eigenvalue weighted by Gasteiger charge is 2.21. The fraction of sp³-hybridized carbons (Fsp3) is 0.391. The highest BCUT2D eigenvalue weighted by molar-refractivity contribution is 5.87. The minimum Gasteiger partial charge on any atom is -0.497 e. The first kappa shape index (κ1) is 24.0. The van der Waals surface area contributed by atoms with Gasteiger partial charge in [0.1, 0.15) is 18.1 Å². The fourth-order valence-electron chi connectivity index (χ4n) is 2.84. The van der Waals surface area contributed by atoms with Crippen LogP contribution in [0.15, 0.2) is 42.5 Å². The predicted octanol–water partition coefficient (Wildman–Crippen LogP) is 4.26. The van der Waals surface area contributed by atoms with Gasteiger partial charge in [-0.1, -0.05) is 18.2 Å². The standard InChI is InChI=1S/C23H29NO7/c1-5-29-20-11-8-17(13-21(22(25)26)31-15(2)3)12-19(20)24-23(27)30-14-16-6-9-18(28-4)10-7-16/h6-12,15,21H,5,13-14H2,1-4H3,(H,24,27)(H,25,26). The van der Waals surface area contributed by atoms with E-state index < -0.39 is 18.2 Å². The normalized spacial score (nSPS) is 11.6. The van der Waals surface area contributed by atoms with Gasteiger partial charge in [-0.25, -0.2) is 9.59 Å². The zero-order chi connectivity index (χ0) is 22.8. The van der Waals surface area contributed by atoms with Crippen molar-refractivity contribution >= 4 is 17.7 Å². The second-order valence-electron chi connectivity index (χ2n) is 7.03. The predicted molar refractivity (Wildman–Crippen MR) is 116 cm³/mol. The molecule has 31 heavy (non-hydrogen) atoms. The summed E-state index contributed by atoms with van der Waals surface area (Å²) < 4.78 is 21.4. The Morgan fingerprint density at radius 1 is 1.06 bits per heavy atom. The summed E-state index contributed by atoms with van der Waals surface area (Å²) in [5, 5.41) is 12.1.